The van der Waals surface area contributed by atoms with Crippen LogP contribution in [0, 0.1) is 0 Å². The quantitative estimate of drug-likeness (QED) is 0.835. The Balaban J connectivity index is 2.04. The van der Waals surface area contributed by atoms with Gasteiger partial charge in [-0.15, -0.1) is 0 Å². The number of nitrogens with zero attached hydrogens (tertiary/aromatic N) is 3. The summed E-state index contributed by atoms with van der Waals surface area (Å²) < 4.78 is 0. The van der Waals surface area contributed by atoms with Crippen molar-refractivity contribution in [2.24, 2.45) is 0 Å². The summed E-state index contributed by atoms with van der Waals surface area (Å²) in [6.45, 7) is 5.86. The van der Waals surface area contributed by atoms with Crippen molar-refractivity contribution in [3.63, 3.8) is 0 Å². The molecule has 1 unspecified atom stereocenters. The number of likely N-dealkylation sites (tertiary alicyclic amines) is 1. The third kappa shape index (κ3) is 3.13. The minimum absolute atomic E-state index is 0.104. The predicted octanol–water partition coefficient (Wildman–Crippen LogP) is 1.98. The van der Waals surface area contributed by atoms with E-state index in [0.29, 0.717) is 17.5 Å². The molecule has 2 heterocycles. The van der Waals surface area contributed by atoms with Crippen LogP contribution in [0.25, 0.3) is 0 Å². The largest absolute Gasteiger partial charge is 0.337 e. The van der Waals surface area contributed by atoms with E-state index in [1.54, 1.807) is 6.20 Å². The molecule has 0 bridgehead atoms. The zero-order valence-corrected chi connectivity index (χ0v) is 12.3. The molecule has 1 fully saturated rings. The molecule has 19 heavy (non-hydrogen) atoms. The van der Waals surface area contributed by atoms with Crippen molar-refractivity contribution >= 4 is 5.91 Å². The maximum absolute atomic E-state index is 12.4. The van der Waals surface area contributed by atoms with Crippen molar-refractivity contribution in [1.82, 2.24) is 14.8 Å². The highest BCUT2D eigenvalue weighted by Crippen LogP contribution is 2.17. The van der Waals surface area contributed by atoms with E-state index in [1.807, 2.05) is 17.0 Å². The number of pyridine rings is 1. The van der Waals surface area contributed by atoms with Crippen molar-refractivity contribution < 1.29 is 4.79 Å². The Bertz CT molecular complexity index is 439. The second-order valence-electron chi connectivity index (χ2n) is 5.78. The maximum Gasteiger partial charge on any atom is 0.255 e. The van der Waals surface area contributed by atoms with Gasteiger partial charge in [-0.05, 0) is 38.6 Å². The molecule has 1 aliphatic rings. The van der Waals surface area contributed by atoms with Crippen molar-refractivity contribution in [3.05, 3.63) is 29.6 Å². The summed E-state index contributed by atoms with van der Waals surface area (Å²) >= 11 is 0. The summed E-state index contributed by atoms with van der Waals surface area (Å²) in [4.78, 5) is 20.8. The minimum atomic E-state index is 0.104. The van der Waals surface area contributed by atoms with Crippen molar-refractivity contribution in [1.29, 1.82) is 0 Å². The van der Waals surface area contributed by atoms with Crippen LogP contribution in [-0.2, 0) is 0 Å². The average molecular weight is 261 g/mol. The van der Waals surface area contributed by atoms with Gasteiger partial charge in [0.15, 0.2) is 0 Å². The molecule has 0 N–H and O–H groups in total. The molecule has 2 rings (SSSR count). The molecule has 0 aliphatic carbocycles. The molecule has 1 amide bonds. The number of rotatable bonds is 3. The van der Waals surface area contributed by atoms with E-state index in [-0.39, 0.29) is 5.91 Å². The van der Waals surface area contributed by atoms with Crippen molar-refractivity contribution in [2.75, 3.05) is 27.2 Å². The van der Waals surface area contributed by atoms with Crippen LogP contribution >= 0.6 is 0 Å². The second-order valence-corrected chi connectivity index (χ2v) is 5.78. The average Bonchev–Trinajstić information content (AvgIpc) is 2.87. The third-order valence-corrected chi connectivity index (χ3v) is 3.81. The van der Waals surface area contributed by atoms with Crippen LogP contribution in [0.1, 0.15) is 42.2 Å². The van der Waals surface area contributed by atoms with E-state index in [4.69, 9.17) is 0 Å². The molecule has 0 saturated carbocycles. The first-order valence-electron chi connectivity index (χ1n) is 6.90. The van der Waals surface area contributed by atoms with Gasteiger partial charge in [-0.25, -0.2) is 0 Å². The van der Waals surface area contributed by atoms with Crippen molar-refractivity contribution in [3.8, 4) is 0 Å². The minimum Gasteiger partial charge on any atom is -0.337 e. The lowest BCUT2D eigenvalue weighted by Gasteiger charge is -2.20. The summed E-state index contributed by atoms with van der Waals surface area (Å²) in [6, 6.07) is 4.33. The number of carbonyl (C=O) groups excluding carboxylic acids is 1. The lowest BCUT2D eigenvalue weighted by atomic mass is 10.1. The van der Waals surface area contributed by atoms with Gasteiger partial charge in [0.2, 0.25) is 0 Å². The van der Waals surface area contributed by atoms with Crippen LogP contribution in [0.2, 0.25) is 0 Å². The Morgan fingerprint density at radius 3 is 2.63 bits per heavy atom. The zero-order chi connectivity index (χ0) is 14.0. The molecule has 104 valence electrons. The normalized spacial score (nSPS) is 19.5. The van der Waals surface area contributed by atoms with Gasteiger partial charge in [-0.1, -0.05) is 13.8 Å². The summed E-state index contributed by atoms with van der Waals surface area (Å²) in [6.07, 6.45) is 2.76. The van der Waals surface area contributed by atoms with Gasteiger partial charge in [0, 0.05) is 31.0 Å². The number of aromatic nitrogens is 1. The molecule has 4 nitrogen and oxygen atoms in total. The smallest absolute Gasteiger partial charge is 0.255 e. The molecule has 0 aromatic carbocycles. The van der Waals surface area contributed by atoms with Crippen LogP contribution < -0.4 is 0 Å². The topological polar surface area (TPSA) is 36.4 Å². The molecule has 1 saturated heterocycles. The summed E-state index contributed by atoms with van der Waals surface area (Å²) in [5.74, 6) is 0.501. The molecule has 0 radical (unpaired) electrons. The molecule has 1 aromatic rings. The molecule has 1 atom stereocenters. The van der Waals surface area contributed by atoms with E-state index in [2.05, 4.69) is 37.8 Å². The molecule has 1 aromatic heterocycles. The van der Waals surface area contributed by atoms with E-state index < -0.39 is 0 Å². The number of hydrogen-bond acceptors (Lipinski definition) is 3. The molecule has 1 aliphatic heterocycles. The first-order valence-corrected chi connectivity index (χ1v) is 6.90. The maximum atomic E-state index is 12.4. The molecule has 0 spiro atoms. The highest BCUT2D eigenvalue weighted by molar-refractivity contribution is 5.94. The Labute approximate surface area is 115 Å². The Morgan fingerprint density at radius 1 is 1.42 bits per heavy atom. The fourth-order valence-electron chi connectivity index (χ4n) is 2.40. The highest BCUT2D eigenvalue weighted by atomic mass is 16.2. The van der Waals surface area contributed by atoms with E-state index in [1.165, 1.54) is 0 Å². The monoisotopic (exact) mass is 261 g/mol. The van der Waals surface area contributed by atoms with Gasteiger partial charge < -0.3 is 9.80 Å². The van der Waals surface area contributed by atoms with Crippen molar-refractivity contribution in [2.45, 2.75) is 32.2 Å². The zero-order valence-electron chi connectivity index (χ0n) is 12.3. The predicted molar refractivity (Wildman–Crippen MR) is 76.3 cm³/mol. The summed E-state index contributed by atoms with van der Waals surface area (Å²) in [5.41, 5.74) is 1.73. The summed E-state index contributed by atoms with van der Waals surface area (Å²) in [5, 5.41) is 0. The van der Waals surface area contributed by atoms with E-state index >= 15 is 0 Å². The number of carbonyl (C=O) groups is 1. The van der Waals surface area contributed by atoms with Gasteiger partial charge >= 0.3 is 0 Å². The van der Waals surface area contributed by atoms with Gasteiger partial charge in [0.1, 0.15) is 0 Å². The first kappa shape index (κ1) is 14.0. The van der Waals surface area contributed by atoms with Gasteiger partial charge in [0.05, 0.1) is 5.56 Å². The lowest BCUT2D eigenvalue weighted by molar-refractivity contribution is 0.0782. The highest BCUT2D eigenvalue weighted by Gasteiger charge is 2.28. The molecular formula is C15H23N3O. The summed E-state index contributed by atoms with van der Waals surface area (Å²) in [7, 11) is 4.13. The fraction of sp³-hybridized carbons (Fsp3) is 0.600. The molecule has 4 heteroatoms. The Hall–Kier alpha value is -1.42. The fourth-order valence-corrected chi connectivity index (χ4v) is 2.40. The van der Waals surface area contributed by atoms with Gasteiger partial charge in [-0.2, -0.15) is 0 Å². The SMILES string of the molecule is CC(C)c1ccc(C(=O)N2CCC(N(C)C)C2)cn1. The third-order valence-electron chi connectivity index (χ3n) is 3.81. The first-order chi connectivity index (χ1) is 8.99. The lowest BCUT2D eigenvalue weighted by Crippen LogP contribution is -2.34. The van der Waals surface area contributed by atoms with E-state index in [0.717, 1.165) is 25.2 Å². The van der Waals surface area contributed by atoms with Gasteiger partial charge in [-0.3, -0.25) is 9.78 Å². The van der Waals surface area contributed by atoms with Crippen LogP contribution in [0.4, 0.5) is 0 Å². The number of amides is 1. The standard InChI is InChI=1S/C15H23N3O/c1-11(2)14-6-5-12(9-16-14)15(19)18-8-7-13(10-18)17(3)4/h5-6,9,11,13H,7-8,10H2,1-4H3. The van der Waals surface area contributed by atoms with Gasteiger partial charge in [0.25, 0.3) is 5.91 Å². The number of likely N-dealkylation sites (N-methyl/N-ethyl adjacent to an activating group) is 1. The van der Waals surface area contributed by atoms with Crippen LogP contribution in [0.15, 0.2) is 18.3 Å². The number of hydrogen-bond donors (Lipinski definition) is 0. The van der Waals surface area contributed by atoms with Crippen LogP contribution in [-0.4, -0.2) is 53.9 Å². The van der Waals surface area contributed by atoms with E-state index in [9.17, 15) is 4.79 Å². The Morgan fingerprint density at radius 2 is 2.16 bits per heavy atom. The Kier molecular flexibility index (Phi) is 4.20. The van der Waals surface area contributed by atoms with Crippen LogP contribution in [0.5, 0.6) is 0 Å². The second kappa shape index (κ2) is 5.70. The van der Waals surface area contributed by atoms with Crippen LogP contribution in [0.3, 0.4) is 0 Å². The molecular weight excluding hydrogens is 238 g/mol.